The van der Waals surface area contributed by atoms with Crippen molar-refractivity contribution < 1.29 is 0 Å². The van der Waals surface area contributed by atoms with Crippen molar-refractivity contribution >= 4 is 5.52 Å². The molecular weight excluding hydrogens is 246 g/mol. The zero-order valence-electron chi connectivity index (χ0n) is 12.2. The van der Waals surface area contributed by atoms with Gasteiger partial charge in [0, 0.05) is 37.6 Å². The minimum absolute atomic E-state index is 0.751. The monoisotopic (exact) mass is 267 g/mol. The highest BCUT2D eigenvalue weighted by Crippen LogP contribution is 2.25. The molecule has 0 bridgehead atoms. The van der Waals surface area contributed by atoms with Gasteiger partial charge in [0.25, 0.3) is 0 Å². The van der Waals surface area contributed by atoms with E-state index in [0.717, 1.165) is 48.1 Å². The summed E-state index contributed by atoms with van der Waals surface area (Å²) in [6.07, 6.45) is 5.44. The second kappa shape index (κ2) is 5.30. The number of pyridine rings is 1. The van der Waals surface area contributed by atoms with Crippen LogP contribution in [0.3, 0.4) is 0 Å². The van der Waals surface area contributed by atoms with Gasteiger partial charge in [-0.3, -0.25) is 4.90 Å². The number of hydrogen-bond acceptors (Lipinski definition) is 2. The Hall–Kier alpha value is -1.79. The van der Waals surface area contributed by atoms with Crippen LogP contribution in [0, 0.1) is 23.2 Å². The van der Waals surface area contributed by atoms with E-state index in [1.165, 1.54) is 6.42 Å². The predicted molar refractivity (Wildman–Crippen MR) is 80.3 cm³/mol. The summed E-state index contributed by atoms with van der Waals surface area (Å²) >= 11 is 0. The van der Waals surface area contributed by atoms with Gasteiger partial charge in [-0.25, -0.2) is 0 Å². The predicted octanol–water partition coefficient (Wildman–Crippen LogP) is 3.29. The molecule has 2 aromatic heterocycles. The molecule has 0 N–H and O–H groups in total. The van der Waals surface area contributed by atoms with Gasteiger partial charge < -0.3 is 4.40 Å². The van der Waals surface area contributed by atoms with Crippen molar-refractivity contribution in [2.75, 3.05) is 13.1 Å². The Morgan fingerprint density at radius 3 is 2.70 bits per heavy atom. The smallest absolute Gasteiger partial charge is 0.102 e. The minimum Gasteiger partial charge on any atom is -0.322 e. The minimum atomic E-state index is 0.751. The molecule has 0 spiro atoms. The fourth-order valence-corrected chi connectivity index (χ4v) is 3.59. The Bertz CT molecular complexity index is 640. The van der Waals surface area contributed by atoms with Crippen LogP contribution >= 0.6 is 0 Å². The number of hydrogen-bond donors (Lipinski definition) is 0. The average Bonchev–Trinajstić information content (AvgIpc) is 2.74. The number of aromatic nitrogens is 1. The van der Waals surface area contributed by atoms with E-state index in [4.69, 9.17) is 0 Å². The topological polar surface area (TPSA) is 31.4 Å². The van der Waals surface area contributed by atoms with Crippen molar-refractivity contribution in [2.24, 2.45) is 11.8 Å². The van der Waals surface area contributed by atoms with Crippen molar-refractivity contribution in [3.05, 3.63) is 41.7 Å². The maximum Gasteiger partial charge on any atom is 0.102 e. The molecule has 104 valence electrons. The molecule has 2 unspecified atom stereocenters. The van der Waals surface area contributed by atoms with Gasteiger partial charge in [-0.15, -0.1) is 0 Å². The standard InChI is InChI=1S/C17H21N3/c1-13-7-14(2)10-19(9-13)11-15-12-20-6-4-3-5-17(20)16(15)8-18/h3-6,12-14H,7,9-11H2,1-2H3. The summed E-state index contributed by atoms with van der Waals surface area (Å²) in [5, 5.41) is 9.46. The van der Waals surface area contributed by atoms with Gasteiger partial charge in [-0.05, 0) is 30.4 Å². The summed E-state index contributed by atoms with van der Waals surface area (Å²) in [4.78, 5) is 2.49. The second-order valence-corrected chi connectivity index (χ2v) is 6.27. The lowest BCUT2D eigenvalue weighted by atomic mass is 9.91. The molecule has 2 atom stereocenters. The molecule has 1 fully saturated rings. The van der Waals surface area contributed by atoms with Crippen molar-refractivity contribution in [2.45, 2.75) is 26.8 Å². The lowest BCUT2D eigenvalue weighted by Gasteiger charge is -2.34. The zero-order valence-corrected chi connectivity index (χ0v) is 12.2. The molecular formula is C17H21N3. The van der Waals surface area contributed by atoms with E-state index in [9.17, 15) is 5.26 Å². The summed E-state index contributed by atoms with van der Waals surface area (Å²) in [7, 11) is 0. The molecule has 0 radical (unpaired) electrons. The average molecular weight is 267 g/mol. The highest BCUT2D eigenvalue weighted by atomic mass is 15.1. The van der Waals surface area contributed by atoms with Gasteiger partial charge in [0.1, 0.15) is 6.07 Å². The zero-order chi connectivity index (χ0) is 14.1. The number of nitrogens with zero attached hydrogens (tertiary/aromatic N) is 3. The largest absolute Gasteiger partial charge is 0.322 e. The van der Waals surface area contributed by atoms with Crippen LogP contribution in [-0.2, 0) is 6.54 Å². The van der Waals surface area contributed by atoms with E-state index in [2.05, 4.69) is 35.4 Å². The third kappa shape index (κ3) is 2.44. The lowest BCUT2D eigenvalue weighted by Crippen LogP contribution is -2.38. The van der Waals surface area contributed by atoms with Gasteiger partial charge in [-0.1, -0.05) is 19.9 Å². The third-order valence-corrected chi connectivity index (χ3v) is 4.21. The molecule has 1 saturated heterocycles. The summed E-state index contributed by atoms with van der Waals surface area (Å²) in [6.45, 7) is 7.82. The SMILES string of the molecule is CC1CC(C)CN(Cc2cn3ccccc3c2C#N)C1. The van der Waals surface area contributed by atoms with E-state index in [-0.39, 0.29) is 0 Å². The normalized spacial score (nSPS) is 23.9. The second-order valence-electron chi connectivity index (χ2n) is 6.27. The van der Waals surface area contributed by atoms with Crippen LogP contribution in [0.25, 0.3) is 5.52 Å². The van der Waals surface area contributed by atoms with Gasteiger partial charge in [0.2, 0.25) is 0 Å². The maximum atomic E-state index is 9.46. The number of piperidine rings is 1. The molecule has 1 aliphatic rings. The number of likely N-dealkylation sites (tertiary alicyclic amines) is 1. The Kier molecular flexibility index (Phi) is 3.50. The van der Waals surface area contributed by atoms with Crippen LogP contribution in [-0.4, -0.2) is 22.4 Å². The first-order chi connectivity index (χ1) is 9.67. The van der Waals surface area contributed by atoms with Crippen molar-refractivity contribution in [1.82, 2.24) is 9.30 Å². The molecule has 20 heavy (non-hydrogen) atoms. The van der Waals surface area contributed by atoms with Crippen LogP contribution in [0.15, 0.2) is 30.6 Å². The van der Waals surface area contributed by atoms with Crippen LogP contribution in [0.5, 0.6) is 0 Å². The van der Waals surface area contributed by atoms with Crippen LogP contribution in [0.1, 0.15) is 31.4 Å². The Morgan fingerprint density at radius 1 is 1.25 bits per heavy atom. The highest BCUT2D eigenvalue weighted by Gasteiger charge is 2.23. The molecule has 1 aliphatic heterocycles. The first-order valence-corrected chi connectivity index (χ1v) is 7.38. The van der Waals surface area contributed by atoms with Crippen LogP contribution < -0.4 is 0 Å². The van der Waals surface area contributed by atoms with Crippen molar-refractivity contribution in [1.29, 1.82) is 5.26 Å². The molecule has 3 nitrogen and oxygen atoms in total. The number of fused-ring (bicyclic) bond motifs is 1. The van der Waals surface area contributed by atoms with Crippen LogP contribution in [0.4, 0.5) is 0 Å². The fraction of sp³-hybridized carbons (Fsp3) is 0.471. The van der Waals surface area contributed by atoms with Crippen molar-refractivity contribution in [3.63, 3.8) is 0 Å². The third-order valence-electron chi connectivity index (χ3n) is 4.21. The Labute approximate surface area is 120 Å². The van der Waals surface area contributed by atoms with E-state index in [0.29, 0.717) is 0 Å². The van der Waals surface area contributed by atoms with Gasteiger partial charge in [-0.2, -0.15) is 5.26 Å². The highest BCUT2D eigenvalue weighted by molar-refractivity contribution is 5.65. The van der Waals surface area contributed by atoms with Gasteiger partial charge in [0.05, 0.1) is 11.1 Å². The summed E-state index contributed by atoms with van der Waals surface area (Å²) in [5.74, 6) is 1.50. The molecule has 3 heterocycles. The van der Waals surface area contributed by atoms with Gasteiger partial charge >= 0.3 is 0 Å². The molecule has 0 aliphatic carbocycles. The first-order valence-electron chi connectivity index (χ1n) is 7.38. The van der Waals surface area contributed by atoms with Gasteiger partial charge in [0.15, 0.2) is 0 Å². The quantitative estimate of drug-likeness (QED) is 0.836. The molecule has 2 aromatic rings. The summed E-state index contributed by atoms with van der Waals surface area (Å²) in [6, 6.07) is 8.39. The van der Waals surface area contributed by atoms with E-state index in [1.54, 1.807) is 0 Å². The molecule has 3 rings (SSSR count). The van der Waals surface area contributed by atoms with E-state index >= 15 is 0 Å². The number of rotatable bonds is 2. The van der Waals surface area contributed by atoms with Crippen molar-refractivity contribution in [3.8, 4) is 6.07 Å². The molecule has 3 heteroatoms. The molecule has 0 saturated carbocycles. The number of nitriles is 1. The Balaban J connectivity index is 1.89. The van der Waals surface area contributed by atoms with E-state index < -0.39 is 0 Å². The molecule has 0 amide bonds. The first kappa shape index (κ1) is 13.2. The molecule has 0 aromatic carbocycles. The maximum absolute atomic E-state index is 9.46. The Morgan fingerprint density at radius 2 is 2.00 bits per heavy atom. The summed E-state index contributed by atoms with van der Waals surface area (Å²) in [5.41, 5.74) is 3.00. The summed E-state index contributed by atoms with van der Waals surface area (Å²) < 4.78 is 2.06. The van der Waals surface area contributed by atoms with E-state index in [1.807, 2.05) is 24.4 Å². The lowest BCUT2D eigenvalue weighted by molar-refractivity contribution is 0.134. The van der Waals surface area contributed by atoms with Crippen LogP contribution in [0.2, 0.25) is 0 Å². The fourth-order valence-electron chi connectivity index (χ4n) is 3.59.